The molecule has 0 bridgehead atoms. The van der Waals surface area contributed by atoms with Crippen molar-refractivity contribution >= 4 is 64.8 Å². The van der Waals surface area contributed by atoms with Crippen LogP contribution < -0.4 is 5.32 Å². The average molecular weight is 670 g/mol. The number of hydrogen-bond donors (Lipinski definition) is 1. The Balaban J connectivity index is 0.993. The van der Waals surface area contributed by atoms with Crippen molar-refractivity contribution in [2.45, 2.75) is 0 Å². The Morgan fingerprint density at radius 2 is 0.941 bits per heavy atom. The highest BCUT2D eigenvalue weighted by atomic mass is 32.1. The summed E-state index contributed by atoms with van der Waals surface area (Å²) in [6.45, 7) is 0. The first-order chi connectivity index (χ1) is 25.2. The third kappa shape index (κ3) is 5.27. The maximum absolute atomic E-state index is 6.46. The second-order valence-corrected chi connectivity index (χ2v) is 14.1. The zero-order valence-corrected chi connectivity index (χ0v) is 28.5. The van der Waals surface area contributed by atoms with Gasteiger partial charge in [0.25, 0.3) is 0 Å². The van der Waals surface area contributed by atoms with Crippen LogP contribution in [-0.4, -0.2) is 0 Å². The molecule has 8 aromatic carbocycles. The van der Waals surface area contributed by atoms with Gasteiger partial charge in [0.05, 0.1) is 11.1 Å². The predicted octanol–water partition coefficient (Wildman–Crippen LogP) is 14.4. The van der Waals surface area contributed by atoms with Gasteiger partial charge in [-0.2, -0.15) is 0 Å². The number of benzene rings is 8. The van der Waals surface area contributed by atoms with Gasteiger partial charge in [-0.05, 0) is 93.0 Å². The quantitative estimate of drug-likeness (QED) is 0.191. The van der Waals surface area contributed by atoms with Gasteiger partial charge in [0, 0.05) is 31.2 Å². The third-order valence-corrected chi connectivity index (χ3v) is 11.0. The van der Waals surface area contributed by atoms with Crippen LogP contribution in [0.25, 0.3) is 86.6 Å². The van der Waals surface area contributed by atoms with Gasteiger partial charge >= 0.3 is 0 Å². The average Bonchev–Trinajstić information content (AvgIpc) is 3.77. The van der Waals surface area contributed by atoms with Crippen molar-refractivity contribution in [2.24, 2.45) is 0 Å². The Hall–Kier alpha value is -6.42. The Kier molecular flexibility index (Phi) is 7.04. The van der Waals surface area contributed by atoms with E-state index in [-0.39, 0.29) is 0 Å². The summed E-state index contributed by atoms with van der Waals surface area (Å²) in [5, 5.41) is 8.58. The van der Waals surface area contributed by atoms with Crippen LogP contribution in [0.4, 0.5) is 11.4 Å². The molecule has 2 aromatic heterocycles. The summed E-state index contributed by atoms with van der Waals surface area (Å²) in [7, 11) is 0. The van der Waals surface area contributed by atoms with E-state index in [0.717, 1.165) is 44.4 Å². The molecule has 0 unspecified atom stereocenters. The molecule has 240 valence electrons. The number of nitrogens with one attached hydrogen (secondary N) is 1. The summed E-state index contributed by atoms with van der Waals surface area (Å²) in [5.74, 6) is 0. The van der Waals surface area contributed by atoms with Gasteiger partial charge in [-0.25, -0.2) is 0 Å². The number of hydrogen-bond acceptors (Lipinski definition) is 3. The molecule has 0 saturated heterocycles. The lowest BCUT2D eigenvalue weighted by Gasteiger charge is -2.11. The fourth-order valence-corrected chi connectivity index (χ4v) is 8.46. The summed E-state index contributed by atoms with van der Waals surface area (Å²) in [6.07, 6.45) is 0. The van der Waals surface area contributed by atoms with Gasteiger partial charge in [-0.1, -0.05) is 133 Å². The van der Waals surface area contributed by atoms with Crippen LogP contribution in [0, 0.1) is 0 Å². The molecule has 0 fully saturated rings. The molecule has 0 aliphatic heterocycles. The number of anilines is 2. The maximum Gasteiger partial charge on any atom is 0.137 e. The van der Waals surface area contributed by atoms with Crippen molar-refractivity contribution in [3.8, 4) is 44.5 Å². The molecule has 2 heterocycles. The molecule has 0 atom stereocenters. The van der Waals surface area contributed by atoms with Crippen LogP contribution in [0.3, 0.4) is 0 Å². The third-order valence-electron chi connectivity index (χ3n) is 9.90. The van der Waals surface area contributed by atoms with E-state index >= 15 is 0 Å². The molecule has 10 aromatic rings. The van der Waals surface area contributed by atoms with Crippen molar-refractivity contribution < 1.29 is 4.42 Å². The zero-order chi connectivity index (χ0) is 33.7. The van der Waals surface area contributed by atoms with Crippen LogP contribution in [0.1, 0.15) is 0 Å². The lowest BCUT2D eigenvalue weighted by Crippen LogP contribution is -1.92. The van der Waals surface area contributed by atoms with Crippen molar-refractivity contribution in [1.82, 2.24) is 0 Å². The molecule has 51 heavy (non-hydrogen) atoms. The largest absolute Gasteiger partial charge is 0.456 e. The van der Waals surface area contributed by atoms with Gasteiger partial charge in [-0.3, -0.25) is 0 Å². The van der Waals surface area contributed by atoms with E-state index in [1.165, 1.54) is 53.6 Å². The number of fused-ring (bicyclic) bond motifs is 6. The van der Waals surface area contributed by atoms with Crippen LogP contribution >= 0.6 is 11.3 Å². The van der Waals surface area contributed by atoms with Crippen LogP contribution in [0.2, 0.25) is 0 Å². The van der Waals surface area contributed by atoms with Crippen LogP contribution in [0.5, 0.6) is 0 Å². The number of rotatable bonds is 6. The molecule has 1 N–H and O–H groups in total. The Labute approximate surface area is 299 Å². The van der Waals surface area contributed by atoms with E-state index in [9.17, 15) is 0 Å². The Morgan fingerprint density at radius 1 is 0.373 bits per heavy atom. The summed E-state index contributed by atoms with van der Waals surface area (Å²) in [5.41, 5.74) is 13.3. The number of furan rings is 1. The highest BCUT2D eigenvalue weighted by molar-refractivity contribution is 7.25. The standard InChI is InChI=1S/C48H31NOS/c1-2-9-31(10-3-1)32-19-21-33(22-20-32)34-23-25-35(26-24-34)39-14-7-16-43-47(39)48-42(15-8-17-44(48)50-43)49-38-12-6-11-36(29-38)37-27-28-46-41(30-37)40-13-4-5-18-45(40)51-46/h1-30,49H. The molecule has 0 amide bonds. The highest BCUT2D eigenvalue weighted by Crippen LogP contribution is 2.42. The van der Waals surface area contributed by atoms with Crippen LogP contribution in [0.15, 0.2) is 186 Å². The topological polar surface area (TPSA) is 25.2 Å². The van der Waals surface area contributed by atoms with Gasteiger partial charge in [0.1, 0.15) is 11.2 Å². The van der Waals surface area contributed by atoms with Gasteiger partial charge in [-0.15, -0.1) is 11.3 Å². The minimum absolute atomic E-state index is 0.864. The molecule has 0 aliphatic carbocycles. The summed E-state index contributed by atoms with van der Waals surface area (Å²) >= 11 is 1.85. The fourth-order valence-electron chi connectivity index (χ4n) is 7.38. The van der Waals surface area contributed by atoms with Crippen LogP contribution in [-0.2, 0) is 0 Å². The molecule has 0 radical (unpaired) electrons. The smallest absolute Gasteiger partial charge is 0.137 e. The van der Waals surface area contributed by atoms with E-state index in [0.29, 0.717) is 0 Å². The van der Waals surface area contributed by atoms with Crippen molar-refractivity contribution in [2.75, 3.05) is 5.32 Å². The van der Waals surface area contributed by atoms with E-state index in [4.69, 9.17) is 4.42 Å². The Bertz CT molecular complexity index is 2860. The predicted molar refractivity (Wildman–Crippen MR) is 218 cm³/mol. The lowest BCUT2D eigenvalue weighted by atomic mass is 9.95. The second-order valence-electron chi connectivity index (χ2n) is 13.0. The highest BCUT2D eigenvalue weighted by Gasteiger charge is 2.16. The molecular weight excluding hydrogens is 639 g/mol. The summed E-state index contributed by atoms with van der Waals surface area (Å²) in [4.78, 5) is 0. The van der Waals surface area contributed by atoms with Gasteiger partial charge in [0.15, 0.2) is 0 Å². The van der Waals surface area contributed by atoms with Gasteiger partial charge < -0.3 is 9.73 Å². The lowest BCUT2D eigenvalue weighted by molar-refractivity contribution is 0.669. The van der Waals surface area contributed by atoms with Crippen molar-refractivity contribution in [1.29, 1.82) is 0 Å². The molecule has 0 aliphatic rings. The van der Waals surface area contributed by atoms with Crippen molar-refractivity contribution in [3.05, 3.63) is 182 Å². The summed E-state index contributed by atoms with van der Waals surface area (Å²) in [6, 6.07) is 65.0. The summed E-state index contributed by atoms with van der Waals surface area (Å²) < 4.78 is 9.10. The minimum atomic E-state index is 0.864. The first kappa shape index (κ1) is 29.5. The maximum atomic E-state index is 6.46. The van der Waals surface area contributed by atoms with Crippen molar-refractivity contribution in [3.63, 3.8) is 0 Å². The monoisotopic (exact) mass is 669 g/mol. The molecule has 0 saturated carbocycles. The van der Waals surface area contributed by atoms with E-state index in [2.05, 4.69) is 187 Å². The number of thiophene rings is 1. The molecular formula is C48H31NOS. The second kappa shape index (κ2) is 12.2. The van der Waals surface area contributed by atoms with E-state index < -0.39 is 0 Å². The van der Waals surface area contributed by atoms with E-state index in [1.807, 2.05) is 11.3 Å². The molecule has 0 spiro atoms. The molecule has 2 nitrogen and oxygen atoms in total. The first-order valence-electron chi connectivity index (χ1n) is 17.2. The van der Waals surface area contributed by atoms with Gasteiger partial charge in [0.2, 0.25) is 0 Å². The fraction of sp³-hybridized carbons (Fsp3) is 0. The SMILES string of the molecule is c1ccc(-c2ccc(-c3ccc(-c4cccc5oc6cccc(Nc7cccc(-c8ccc9sc%10ccccc%10c9c8)c7)c6c45)cc3)cc2)cc1. The molecule has 3 heteroatoms. The molecule has 10 rings (SSSR count). The zero-order valence-electron chi connectivity index (χ0n) is 27.6. The minimum Gasteiger partial charge on any atom is -0.456 e. The Morgan fingerprint density at radius 3 is 1.73 bits per heavy atom. The normalized spacial score (nSPS) is 11.5. The van der Waals surface area contributed by atoms with E-state index in [1.54, 1.807) is 0 Å². The first-order valence-corrected chi connectivity index (χ1v) is 18.1.